The molecule has 13 heavy (non-hydrogen) atoms. The van der Waals surface area contributed by atoms with Crippen molar-refractivity contribution in [3.8, 4) is 0 Å². The molecule has 1 heteroatoms. The fourth-order valence-electron chi connectivity index (χ4n) is 1.49. The molecule has 0 aromatic carbocycles. The third kappa shape index (κ3) is 16.5. The molecule has 0 bridgehead atoms. The Bertz CT molecular complexity index is 61.5. The summed E-state index contributed by atoms with van der Waals surface area (Å²) in [4.78, 5) is 0. The van der Waals surface area contributed by atoms with Crippen molar-refractivity contribution < 1.29 is 58.2 Å². The van der Waals surface area contributed by atoms with Gasteiger partial charge in [0.05, 0.1) is 0 Å². The van der Waals surface area contributed by atoms with Crippen LogP contribution in [-0.4, -0.2) is 0 Å². The second-order valence-corrected chi connectivity index (χ2v) is 3.68. The molecule has 0 saturated carbocycles. The molecule has 0 rings (SSSR count). The maximum absolute atomic E-state index is 3.84. The molecule has 0 unspecified atom stereocenters. The van der Waals surface area contributed by atoms with Crippen molar-refractivity contribution in [2.75, 3.05) is 0 Å². The summed E-state index contributed by atoms with van der Waals surface area (Å²) in [5.41, 5.74) is 0. The second-order valence-electron chi connectivity index (χ2n) is 3.68. The predicted molar refractivity (Wildman–Crippen MR) is 57.2 cm³/mol. The van der Waals surface area contributed by atoms with Gasteiger partial charge in [-0.3, -0.25) is 0 Å². The summed E-state index contributed by atoms with van der Waals surface area (Å²) in [6, 6.07) is 0. The molecular formula is C12H25Rb. The minimum atomic E-state index is 0. The third-order valence-electron chi connectivity index (χ3n) is 2.35. The molecule has 0 fully saturated rings. The number of hydrogen-bond acceptors (Lipinski definition) is 0. The maximum Gasteiger partial charge on any atom is 1.00 e. The van der Waals surface area contributed by atoms with Crippen LogP contribution in [0.25, 0.3) is 0 Å². The van der Waals surface area contributed by atoms with E-state index in [1.54, 1.807) is 0 Å². The molecule has 0 N–H and O–H groups in total. The first-order valence-corrected chi connectivity index (χ1v) is 5.71. The molecule has 0 saturated heterocycles. The van der Waals surface area contributed by atoms with Crippen molar-refractivity contribution in [1.82, 2.24) is 0 Å². The molecule has 0 heterocycles. The molecular weight excluding hydrogens is 230 g/mol. The van der Waals surface area contributed by atoms with Crippen LogP contribution in [0.15, 0.2) is 0 Å². The monoisotopic (exact) mass is 254 g/mol. The SMILES string of the molecule is [CH2-]CCCCCCCCCCC.[Rb+]. The van der Waals surface area contributed by atoms with E-state index in [2.05, 4.69) is 13.8 Å². The summed E-state index contributed by atoms with van der Waals surface area (Å²) < 4.78 is 0. The zero-order valence-electron chi connectivity index (χ0n) is 9.78. The fourth-order valence-corrected chi connectivity index (χ4v) is 1.49. The van der Waals surface area contributed by atoms with E-state index >= 15 is 0 Å². The zero-order chi connectivity index (χ0) is 9.07. The van der Waals surface area contributed by atoms with Crippen LogP contribution in [-0.2, 0) is 0 Å². The Kier molecular flexibility index (Phi) is 21.5. The first-order valence-electron chi connectivity index (χ1n) is 5.71. The summed E-state index contributed by atoms with van der Waals surface area (Å²) in [5, 5.41) is 0. The van der Waals surface area contributed by atoms with Crippen molar-refractivity contribution in [3.63, 3.8) is 0 Å². The van der Waals surface area contributed by atoms with Crippen LogP contribution in [0, 0.1) is 6.92 Å². The van der Waals surface area contributed by atoms with Crippen LogP contribution >= 0.6 is 0 Å². The number of hydrogen-bond donors (Lipinski definition) is 0. The average Bonchev–Trinajstić information content (AvgIpc) is 2.10. The number of unbranched alkanes of at least 4 members (excludes halogenated alkanes) is 9. The van der Waals surface area contributed by atoms with Gasteiger partial charge in [0.15, 0.2) is 0 Å². The van der Waals surface area contributed by atoms with E-state index in [1.165, 1.54) is 57.8 Å². The van der Waals surface area contributed by atoms with Gasteiger partial charge < -0.3 is 6.92 Å². The van der Waals surface area contributed by atoms with E-state index in [-0.39, 0.29) is 58.2 Å². The Morgan fingerprint density at radius 2 is 1.08 bits per heavy atom. The van der Waals surface area contributed by atoms with Gasteiger partial charge >= 0.3 is 58.2 Å². The minimum Gasteiger partial charge on any atom is -0.343 e. The van der Waals surface area contributed by atoms with Crippen LogP contribution in [0.2, 0.25) is 0 Å². The predicted octanol–water partition coefficient (Wildman–Crippen LogP) is 1.75. The van der Waals surface area contributed by atoms with Crippen LogP contribution in [0.5, 0.6) is 0 Å². The van der Waals surface area contributed by atoms with E-state index in [4.69, 9.17) is 0 Å². The average molecular weight is 255 g/mol. The van der Waals surface area contributed by atoms with E-state index in [0.717, 1.165) is 6.42 Å². The van der Waals surface area contributed by atoms with Gasteiger partial charge in [0.25, 0.3) is 0 Å². The molecule has 0 aromatic rings. The molecule has 74 valence electrons. The largest absolute Gasteiger partial charge is 1.00 e. The fraction of sp³-hybridized carbons (Fsp3) is 0.917. The van der Waals surface area contributed by atoms with E-state index in [0.29, 0.717) is 0 Å². The summed E-state index contributed by atoms with van der Waals surface area (Å²) in [6.07, 6.45) is 13.9. The molecule has 0 aliphatic heterocycles. The van der Waals surface area contributed by atoms with Gasteiger partial charge in [-0.2, -0.15) is 6.42 Å². The summed E-state index contributed by atoms with van der Waals surface area (Å²) in [5.74, 6) is 0. The van der Waals surface area contributed by atoms with Gasteiger partial charge in [-0.25, -0.2) is 0 Å². The van der Waals surface area contributed by atoms with Gasteiger partial charge in [-0.1, -0.05) is 64.7 Å². The summed E-state index contributed by atoms with van der Waals surface area (Å²) in [6.45, 7) is 6.12. The van der Waals surface area contributed by atoms with E-state index in [9.17, 15) is 0 Å². The van der Waals surface area contributed by atoms with Crippen LogP contribution < -0.4 is 58.2 Å². The first-order chi connectivity index (χ1) is 5.91. The van der Waals surface area contributed by atoms with E-state index in [1.807, 2.05) is 0 Å². The van der Waals surface area contributed by atoms with Crippen molar-refractivity contribution in [3.05, 3.63) is 6.92 Å². The minimum absolute atomic E-state index is 0. The first kappa shape index (κ1) is 17.2. The van der Waals surface area contributed by atoms with Crippen molar-refractivity contribution in [2.24, 2.45) is 0 Å². The van der Waals surface area contributed by atoms with Crippen molar-refractivity contribution in [1.29, 1.82) is 0 Å². The Balaban J connectivity index is 0. The standard InChI is InChI=1S/C12H25.Rb/c1-3-5-7-9-11-12-10-8-6-4-2;/h1,3-12H2,2H3;/q-1;+1. The molecule has 0 spiro atoms. The normalized spacial score (nSPS) is 9.69. The van der Waals surface area contributed by atoms with Crippen LogP contribution in [0.4, 0.5) is 0 Å². The van der Waals surface area contributed by atoms with Crippen LogP contribution in [0.3, 0.4) is 0 Å². The zero-order valence-corrected chi connectivity index (χ0v) is 14.7. The Hall–Kier alpha value is 1.81. The van der Waals surface area contributed by atoms with Crippen molar-refractivity contribution >= 4 is 0 Å². The molecule has 0 radical (unpaired) electrons. The molecule has 0 aromatic heterocycles. The maximum atomic E-state index is 3.84. The molecule has 0 nitrogen and oxygen atoms in total. The molecule has 0 aliphatic carbocycles. The van der Waals surface area contributed by atoms with Gasteiger partial charge in [0.2, 0.25) is 0 Å². The topological polar surface area (TPSA) is 0 Å². The summed E-state index contributed by atoms with van der Waals surface area (Å²) in [7, 11) is 0. The van der Waals surface area contributed by atoms with Gasteiger partial charge in [-0.05, 0) is 0 Å². The Morgan fingerprint density at radius 3 is 1.46 bits per heavy atom. The second kappa shape index (κ2) is 16.2. The summed E-state index contributed by atoms with van der Waals surface area (Å²) >= 11 is 0. The Morgan fingerprint density at radius 1 is 0.692 bits per heavy atom. The van der Waals surface area contributed by atoms with Crippen LogP contribution in [0.1, 0.15) is 71.1 Å². The van der Waals surface area contributed by atoms with Gasteiger partial charge in [0.1, 0.15) is 0 Å². The molecule has 0 atom stereocenters. The van der Waals surface area contributed by atoms with E-state index < -0.39 is 0 Å². The Labute approximate surface area is 134 Å². The quantitative estimate of drug-likeness (QED) is 0.434. The van der Waals surface area contributed by atoms with Gasteiger partial charge in [0, 0.05) is 0 Å². The molecule has 0 aliphatic rings. The smallest absolute Gasteiger partial charge is 0.343 e. The van der Waals surface area contributed by atoms with Crippen molar-refractivity contribution in [2.45, 2.75) is 71.1 Å². The number of rotatable bonds is 9. The van der Waals surface area contributed by atoms with Gasteiger partial charge in [-0.15, -0.1) is 0 Å². The third-order valence-corrected chi connectivity index (χ3v) is 2.35. The molecule has 0 amide bonds.